The zero-order chi connectivity index (χ0) is 18.3. The van der Waals surface area contributed by atoms with Crippen LogP contribution in [-0.4, -0.2) is 45.2 Å². The van der Waals surface area contributed by atoms with Gasteiger partial charge in [0.2, 0.25) is 5.91 Å². The fourth-order valence-electron chi connectivity index (χ4n) is 2.56. The van der Waals surface area contributed by atoms with E-state index in [1.165, 1.54) is 11.1 Å². The van der Waals surface area contributed by atoms with Gasteiger partial charge in [0.15, 0.2) is 5.96 Å². The minimum Gasteiger partial charge on any atom is -0.493 e. The number of fused-ring (bicyclic) bond motifs is 1. The number of nitrogens with one attached hydrogen (secondary N) is 3. The molecule has 146 valence electrons. The van der Waals surface area contributed by atoms with E-state index in [-0.39, 0.29) is 35.3 Å². The second kappa shape index (κ2) is 10.6. The first-order valence-corrected chi connectivity index (χ1v) is 8.87. The predicted molar refractivity (Wildman–Crippen MR) is 117 cm³/mol. The smallest absolute Gasteiger partial charge is 0.225 e. The van der Waals surface area contributed by atoms with E-state index in [1.54, 1.807) is 7.05 Å². The summed E-state index contributed by atoms with van der Waals surface area (Å²) in [5.41, 5.74) is 2.24. The van der Waals surface area contributed by atoms with Gasteiger partial charge in [-0.15, -0.1) is 24.0 Å². The van der Waals surface area contributed by atoms with Crippen LogP contribution in [0.2, 0.25) is 0 Å². The maximum absolute atomic E-state index is 11.8. The molecule has 0 spiro atoms. The number of carbonyl (C=O) groups excluding carboxylic acids is 1. The van der Waals surface area contributed by atoms with Gasteiger partial charge in [-0.3, -0.25) is 9.79 Å². The molecule has 1 heterocycles. The topological polar surface area (TPSA) is 74.8 Å². The number of halogens is 1. The zero-order valence-electron chi connectivity index (χ0n) is 16.1. The van der Waals surface area contributed by atoms with E-state index in [9.17, 15) is 4.79 Å². The summed E-state index contributed by atoms with van der Waals surface area (Å²) in [5, 5.41) is 9.42. The van der Waals surface area contributed by atoms with Crippen molar-refractivity contribution in [3.8, 4) is 5.75 Å². The number of guanidine groups is 1. The number of benzene rings is 1. The Morgan fingerprint density at radius 3 is 2.54 bits per heavy atom. The lowest BCUT2D eigenvalue weighted by molar-refractivity contribution is -0.128. The molecule has 1 aromatic carbocycles. The van der Waals surface area contributed by atoms with E-state index in [0.717, 1.165) is 37.7 Å². The molecule has 0 saturated heterocycles. The van der Waals surface area contributed by atoms with Crippen molar-refractivity contribution >= 4 is 35.8 Å². The highest BCUT2D eigenvalue weighted by molar-refractivity contribution is 14.0. The number of hydrogen-bond donors (Lipinski definition) is 3. The quantitative estimate of drug-likeness (QED) is 0.256. The molecule has 1 aromatic rings. The fraction of sp³-hybridized carbons (Fsp3) is 0.579. The van der Waals surface area contributed by atoms with Gasteiger partial charge in [-0.05, 0) is 23.6 Å². The first kappa shape index (κ1) is 22.5. The maximum atomic E-state index is 11.8. The fourth-order valence-corrected chi connectivity index (χ4v) is 2.56. The second-order valence-corrected chi connectivity index (χ2v) is 7.22. The van der Waals surface area contributed by atoms with Gasteiger partial charge < -0.3 is 20.7 Å². The number of rotatable bonds is 6. The molecule has 0 fully saturated rings. The van der Waals surface area contributed by atoms with Crippen LogP contribution < -0.4 is 20.7 Å². The van der Waals surface area contributed by atoms with Gasteiger partial charge in [-0.2, -0.15) is 0 Å². The maximum Gasteiger partial charge on any atom is 0.225 e. The van der Waals surface area contributed by atoms with Crippen molar-refractivity contribution in [3.63, 3.8) is 0 Å². The molecular formula is C19H31IN4O2. The van der Waals surface area contributed by atoms with Crippen molar-refractivity contribution in [1.82, 2.24) is 16.0 Å². The Bertz CT molecular complexity index is 626. The van der Waals surface area contributed by atoms with Gasteiger partial charge in [0.25, 0.3) is 0 Å². The average Bonchev–Trinajstić information content (AvgIpc) is 3.03. The summed E-state index contributed by atoms with van der Waals surface area (Å²) in [6.45, 7) is 8.51. The van der Waals surface area contributed by atoms with Crippen LogP contribution in [0.1, 0.15) is 31.9 Å². The molecule has 26 heavy (non-hydrogen) atoms. The molecule has 1 aliphatic heterocycles. The second-order valence-electron chi connectivity index (χ2n) is 7.22. The molecule has 3 N–H and O–H groups in total. The third-order valence-electron chi connectivity index (χ3n) is 4.07. The van der Waals surface area contributed by atoms with Gasteiger partial charge >= 0.3 is 0 Å². The van der Waals surface area contributed by atoms with E-state index in [4.69, 9.17) is 4.74 Å². The third-order valence-corrected chi connectivity index (χ3v) is 4.07. The average molecular weight is 474 g/mol. The lowest BCUT2D eigenvalue weighted by Crippen LogP contribution is -2.43. The monoisotopic (exact) mass is 474 g/mol. The molecule has 1 aliphatic rings. The van der Waals surface area contributed by atoms with Crippen molar-refractivity contribution in [3.05, 3.63) is 29.3 Å². The highest BCUT2D eigenvalue weighted by Gasteiger charge is 2.20. The SMILES string of the molecule is CN=C(NCCNC(=O)C(C)(C)C)NCCc1ccc2c(c1)CCO2.I. The summed E-state index contributed by atoms with van der Waals surface area (Å²) < 4.78 is 5.53. The highest BCUT2D eigenvalue weighted by Crippen LogP contribution is 2.25. The molecular weight excluding hydrogens is 443 g/mol. The first-order valence-electron chi connectivity index (χ1n) is 8.87. The number of nitrogens with zero attached hydrogens (tertiary/aromatic N) is 1. The normalized spacial score (nSPS) is 13.3. The Kier molecular flexibility index (Phi) is 9.18. The summed E-state index contributed by atoms with van der Waals surface area (Å²) in [6.07, 6.45) is 1.93. The molecule has 0 aliphatic carbocycles. The van der Waals surface area contributed by atoms with Crippen LogP contribution >= 0.6 is 24.0 Å². The number of amides is 1. The minimum atomic E-state index is -0.360. The van der Waals surface area contributed by atoms with Crippen molar-refractivity contribution in [2.24, 2.45) is 10.4 Å². The first-order chi connectivity index (χ1) is 11.9. The Morgan fingerprint density at radius 2 is 1.85 bits per heavy atom. The van der Waals surface area contributed by atoms with E-state index >= 15 is 0 Å². The molecule has 0 radical (unpaired) electrons. The highest BCUT2D eigenvalue weighted by atomic mass is 127. The van der Waals surface area contributed by atoms with E-state index in [2.05, 4.69) is 39.1 Å². The summed E-state index contributed by atoms with van der Waals surface area (Å²) in [5.74, 6) is 1.82. The number of hydrogen-bond acceptors (Lipinski definition) is 3. The number of aliphatic imine (C=N–C) groups is 1. The van der Waals surface area contributed by atoms with Gasteiger partial charge in [-0.1, -0.05) is 32.9 Å². The third kappa shape index (κ3) is 7.01. The number of ether oxygens (including phenoxy) is 1. The lowest BCUT2D eigenvalue weighted by atomic mass is 9.96. The minimum absolute atomic E-state index is 0. The summed E-state index contributed by atoms with van der Waals surface area (Å²) >= 11 is 0. The summed E-state index contributed by atoms with van der Waals surface area (Å²) in [6, 6.07) is 6.40. The van der Waals surface area contributed by atoms with E-state index < -0.39 is 0 Å². The molecule has 0 saturated carbocycles. The lowest BCUT2D eigenvalue weighted by Gasteiger charge is -2.18. The molecule has 1 amide bonds. The van der Waals surface area contributed by atoms with Crippen molar-refractivity contribution in [2.75, 3.05) is 33.3 Å². The Labute approximate surface area is 173 Å². The summed E-state index contributed by atoms with van der Waals surface area (Å²) in [7, 11) is 1.75. The van der Waals surface area contributed by atoms with Crippen LogP contribution in [0.25, 0.3) is 0 Å². The Morgan fingerprint density at radius 1 is 1.15 bits per heavy atom. The largest absolute Gasteiger partial charge is 0.493 e. The summed E-state index contributed by atoms with van der Waals surface area (Å²) in [4.78, 5) is 16.0. The van der Waals surface area contributed by atoms with Crippen molar-refractivity contribution in [1.29, 1.82) is 0 Å². The standard InChI is InChI=1S/C19H30N4O2.HI/c1-19(2,3)17(24)21-10-11-23-18(20-4)22-9-7-14-5-6-16-15(13-14)8-12-25-16;/h5-6,13H,7-12H2,1-4H3,(H,21,24)(H2,20,22,23);1H. The van der Waals surface area contributed by atoms with Crippen molar-refractivity contribution < 1.29 is 9.53 Å². The van der Waals surface area contributed by atoms with Crippen LogP contribution in [0, 0.1) is 5.41 Å². The molecule has 2 rings (SSSR count). The predicted octanol–water partition coefficient (Wildman–Crippen LogP) is 2.11. The van der Waals surface area contributed by atoms with Gasteiger partial charge in [-0.25, -0.2) is 0 Å². The molecule has 0 unspecified atom stereocenters. The van der Waals surface area contributed by atoms with Crippen LogP contribution in [0.15, 0.2) is 23.2 Å². The van der Waals surface area contributed by atoms with E-state index in [0.29, 0.717) is 13.1 Å². The molecule has 6 nitrogen and oxygen atoms in total. The Balaban J connectivity index is 0.00000338. The number of carbonyl (C=O) groups is 1. The van der Waals surface area contributed by atoms with Crippen LogP contribution in [-0.2, 0) is 17.6 Å². The van der Waals surface area contributed by atoms with E-state index in [1.807, 2.05) is 20.8 Å². The van der Waals surface area contributed by atoms with Crippen LogP contribution in [0.4, 0.5) is 0 Å². The van der Waals surface area contributed by atoms with Gasteiger partial charge in [0.05, 0.1) is 6.61 Å². The molecule has 0 atom stereocenters. The van der Waals surface area contributed by atoms with Crippen LogP contribution in [0.3, 0.4) is 0 Å². The van der Waals surface area contributed by atoms with Crippen molar-refractivity contribution in [2.45, 2.75) is 33.6 Å². The van der Waals surface area contributed by atoms with Gasteiger partial charge in [0, 0.05) is 38.5 Å². The Hall–Kier alpha value is -1.51. The van der Waals surface area contributed by atoms with Crippen LogP contribution in [0.5, 0.6) is 5.75 Å². The molecule has 0 aromatic heterocycles. The zero-order valence-corrected chi connectivity index (χ0v) is 18.5. The van der Waals surface area contributed by atoms with Gasteiger partial charge in [0.1, 0.15) is 5.75 Å². The molecule has 0 bridgehead atoms. The molecule has 7 heteroatoms.